The second-order valence-electron chi connectivity index (χ2n) is 4.33. The van der Waals surface area contributed by atoms with Gasteiger partial charge in [0.1, 0.15) is 11.8 Å². The van der Waals surface area contributed by atoms with Gasteiger partial charge >= 0.3 is 0 Å². The SMILES string of the molecule is COCC1(COC)NC(=O)c2ccc(C=O)cc21. The van der Waals surface area contributed by atoms with Gasteiger partial charge in [0, 0.05) is 25.3 Å². The van der Waals surface area contributed by atoms with Crippen LogP contribution < -0.4 is 5.32 Å². The third kappa shape index (κ3) is 1.91. The van der Waals surface area contributed by atoms with Crippen LogP contribution in [-0.4, -0.2) is 39.6 Å². The lowest BCUT2D eigenvalue weighted by atomic mass is 9.90. The number of carbonyl (C=O) groups is 2. The van der Waals surface area contributed by atoms with E-state index in [9.17, 15) is 9.59 Å². The van der Waals surface area contributed by atoms with Crippen LogP contribution in [0.4, 0.5) is 0 Å². The Hall–Kier alpha value is -1.72. The molecule has 18 heavy (non-hydrogen) atoms. The van der Waals surface area contributed by atoms with Gasteiger partial charge in [-0.05, 0) is 17.7 Å². The minimum atomic E-state index is -0.713. The van der Waals surface area contributed by atoms with Gasteiger partial charge in [-0.15, -0.1) is 0 Å². The van der Waals surface area contributed by atoms with Crippen LogP contribution in [-0.2, 0) is 15.0 Å². The van der Waals surface area contributed by atoms with E-state index in [1.54, 1.807) is 32.4 Å². The Morgan fingerprint density at radius 3 is 2.50 bits per heavy atom. The lowest BCUT2D eigenvalue weighted by Crippen LogP contribution is -2.47. The molecule has 0 radical (unpaired) electrons. The third-order valence-electron chi connectivity index (χ3n) is 3.07. The molecule has 0 saturated carbocycles. The maximum Gasteiger partial charge on any atom is 0.252 e. The van der Waals surface area contributed by atoms with Gasteiger partial charge < -0.3 is 14.8 Å². The van der Waals surface area contributed by atoms with Crippen molar-refractivity contribution in [3.05, 3.63) is 34.9 Å². The third-order valence-corrected chi connectivity index (χ3v) is 3.07. The molecule has 0 bridgehead atoms. The first kappa shape index (κ1) is 12.7. The zero-order chi connectivity index (χ0) is 13.2. The molecule has 0 unspecified atom stereocenters. The summed E-state index contributed by atoms with van der Waals surface area (Å²) < 4.78 is 10.4. The Morgan fingerprint density at radius 1 is 1.28 bits per heavy atom. The quantitative estimate of drug-likeness (QED) is 0.781. The molecule has 5 nitrogen and oxygen atoms in total. The van der Waals surface area contributed by atoms with Gasteiger partial charge in [0.05, 0.1) is 13.2 Å². The van der Waals surface area contributed by atoms with Crippen molar-refractivity contribution < 1.29 is 19.1 Å². The minimum absolute atomic E-state index is 0.170. The standard InChI is InChI=1S/C13H15NO4/c1-17-7-13(8-18-2)11-5-9(6-15)3-4-10(11)12(16)14-13/h3-6H,7-8H2,1-2H3,(H,14,16). The molecule has 0 aliphatic carbocycles. The van der Waals surface area contributed by atoms with Crippen LogP contribution in [0.2, 0.25) is 0 Å². The monoisotopic (exact) mass is 249 g/mol. The van der Waals surface area contributed by atoms with E-state index in [2.05, 4.69) is 5.32 Å². The summed E-state index contributed by atoms with van der Waals surface area (Å²) in [7, 11) is 3.12. The predicted molar refractivity (Wildman–Crippen MR) is 64.7 cm³/mol. The zero-order valence-corrected chi connectivity index (χ0v) is 10.4. The summed E-state index contributed by atoms with van der Waals surface area (Å²) in [6.07, 6.45) is 0.757. The summed E-state index contributed by atoms with van der Waals surface area (Å²) in [5.74, 6) is -0.170. The Morgan fingerprint density at radius 2 is 1.94 bits per heavy atom. The van der Waals surface area contributed by atoms with Crippen molar-refractivity contribution in [1.29, 1.82) is 0 Å². The van der Waals surface area contributed by atoms with Gasteiger partial charge in [-0.3, -0.25) is 9.59 Å². The van der Waals surface area contributed by atoms with E-state index in [0.29, 0.717) is 24.3 Å². The summed E-state index contributed by atoms with van der Waals surface area (Å²) in [6.45, 7) is 0.587. The van der Waals surface area contributed by atoms with Gasteiger partial charge in [0.15, 0.2) is 0 Å². The number of carbonyl (C=O) groups excluding carboxylic acids is 2. The average molecular weight is 249 g/mol. The molecule has 1 amide bonds. The van der Waals surface area contributed by atoms with Crippen molar-refractivity contribution >= 4 is 12.2 Å². The van der Waals surface area contributed by atoms with E-state index in [0.717, 1.165) is 11.8 Å². The van der Waals surface area contributed by atoms with Crippen molar-refractivity contribution in [1.82, 2.24) is 5.32 Å². The second-order valence-corrected chi connectivity index (χ2v) is 4.33. The number of fused-ring (bicyclic) bond motifs is 1. The van der Waals surface area contributed by atoms with Gasteiger partial charge in [-0.25, -0.2) is 0 Å². The molecule has 0 spiro atoms. The maximum atomic E-state index is 11.9. The van der Waals surface area contributed by atoms with Crippen molar-refractivity contribution in [2.45, 2.75) is 5.54 Å². The topological polar surface area (TPSA) is 64.6 Å². The highest BCUT2D eigenvalue weighted by molar-refractivity contribution is 6.00. The minimum Gasteiger partial charge on any atom is -0.382 e. The normalized spacial score (nSPS) is 16.2. The van der Waals surface area contributed by atoms with Gasteiger partial charge in [-0.1, -0.05) is 6.07 Å². The lowest BCUT2D eigenvalue weighted by molar-refractivity contribution is 0.0426. The van der Waals surface area contributed by atoms with E-state index < -0.39 is 5.54 Å². The highest BCUT2D eigenvalue weighted by Gasteiger charge is 2.43. The van der Waals surface area contributed by atoms with E-state index in [1.165, 1.54) is 0 Å². The molecule has 1 heterocycles. The fourth-order valence-corrected chi connectivity index (χ4v) is 2.34. The molecule has 1 aromatic rings. The number of aldehydes is 1. The molecule has 96 valence electrons. The summed E-state index contributed by atoms with van der Waals surface area (Å²) in [5.41, 5.74) is 1.13. The first-order valence-electron chi connectivity index (χ1n) is 5.57. The van der Waals surface area contributed by atoms with Crippen LogP contribution >= 0.6 is 0 Å². The molecule has 0 fully saturated rings. The molecule has 1 aromatic carbocycles. The van der Waals surface area contributed by atoms with Crippen LogP contribution in [0.5, 0.6) is 0 Å². The van der Waals surface area contributed by atoms with Crippen LogP contribution in [0, 0.1) is 0 Å². The summed E-state index contributed by atoms with van der Waals surface area (Å²) >= 11 is 0. The Kier molecular flexibility index (Phi) is 3.45. The van der Waals surface area contributed by atoms with Gasteiger partial charge in [0.2, 0.25) is 0 Å². The van der Waals surface area contributed by atoms with Crippen molar-refractivity contribution in [3.63, 3.8) is 0 Å². The zero-order valence-electron chi connectivity index (χ0n) is 10.4. The molecule has 1 aliphatic rings. The van der Waals surface area contributed by atoms with E-state index in [4.69, 9.17) is 9.47 Å². The van der Waals surface area contributed by atoms with Crippen LogP contribution in [0.15, 0.2) is 18.2 Å². The van der Waals surface area contributed by atoms with Crippen molar-refractivity contribution in [2.24, 2.45) is 0 Å². The number of rotatable bonds is 5. The summed E-state index contributed by atoms with van der Waals surface area (Å²) in [6, 6.07) is 4.99. The van der Waals surface area contributed by atoms with Crippen molar-refractivity contribution in [3.8, 4) is 0 Å². The van der Waals surface area contributed by atoms with E-state index in [1.807, 2.05) is 0 Å². The average Bonchev–Trinajstić information content (AvgIpc) is 2.63. The van der Waals surface area contributed by atoms with Crippen LogP contribution in [0.3, 0.4) is 0 Å². The second kappa shape index (κ2) is 4.88. The molecule has 1 aliphatic heterocycles. The Balaban J connectivity index is 2.53. The highest BCUT2D eigenvalue weighted by Crippen LogP contribution is 2.32. The van der Waals surface area contributed by atoms with E-state index >= 15 is 0 Å². The van der Waals surface area contributed by atoms with Crippen LogP contribution in [0.1, 0.15) is 26.3 Å². The molecule has 0 aromatic heterocycles. The van der Waals surface area contributed by atoms with Gasteiger partial charge in [0.25, 0.3) is 5.91 Å². The smallest absolute Gasteiger partial charge is 0.252 e. The summed E-state index contributed by atoms with van der Waals surface area (Å²) in [5, 5.41) is 2.88. The molecular weight excluding hydrogens is 234 g/mol. The van der Waals surface area contributed by atoms with E-state index in [-0.39, 0.29) is 5.91 Å². The van der Waals surface area contributed by atoms with Gasteiger partial charge in [-0.2, -0.15) is 0 Å². The molecule has 1 N–H and O–H groups in total. The predicted octanol–water partition coefficient (Wildman–Crippen LogP) is 0.731. The molecule has 2 rings (SSSR count). The van der Waals surface area contributed by atoms with Crippen LogP contribution in [0.25, 0.3) is 0 Å². The molecular formula is C13H15NO4. The number of nitrogens with one attached hydrogen (secondary N) is 1. The summed E-state index contributed by atoms with van der Waals surface area (Å²) in [4.78, 5) is 22.8. The first-order chi connectivity index (χ1) is 8.66. The highest BCUT2D eigenvalue weighted by atomic mass is 16.5. The number of hydrogen-bond acceptors (Lipinski definition) is 4. The Labute approximate surface area is 105 Å². The lowest BCUT2D eigenvalue weighted by Gasteiger charge is -2.28. The number of ether oxygens (including phenoxy) is 2. The maximum absolute atomic E-state index is 11.9. The first-order valence-corrected chi connectivity index (χ1v) is 5.57. The van der Waals surface area contributed by atoms with Crippen molar-refractivity contribution in [2.75, 3.05) is 27.4 Å². The number of benzene rings is 1. The molecule has 0 atom stereocenters. The number of hydrogen-bond donors (Lipinski definition) is 1. The molecule has 5 heteroatoms. The fraction of sp³-hybridized carbons (Fsp3) is 0.385. The number of amides is 1. The fourth-order valence-electron chi connectivity index (χ4n) is 2.34. The largest absolute Gasteiger partial charge is 0.382 e. The Bertz CT molecular complexity index is 478. The molecule has 0 saturated heterocycles. The number of methoxy groups -OCH3 is 2.